The molecule has 0 aliphatic heterocycles. The molecule has 2 amide bonds. The molecule has 1 aromatic heterocycles. The first kappa shape index (κ1) is 16.8. The Labute approximate surface area is 146 Å². The number of hydrogen-bond donors (Lipinski definition) is 2. The fourth-order valence-electron chi connectivity index (χ4n) is 2.62. The number of carbonyl (C=O) groups is 1. The van der Waals surface area contributed by atoms with Gasteiger partial charge in [0.15, 0.2) is 5.82 Å². The summed E-state index contributed by atoms with van der Waals surface area (Å²) in [5.41, 5.74) is 0.740. The Morgan fingerprint density at radius 3 is 2.83 bits per heavy atom. The van der Waals surface area contributed by atoms with Gasteiger partial charge in [-0.25, -0.2) is 4.79 Å². The molecule has 3 rings (SSSR count). The lowest BCUT2D eigenvalue weighted by Gasteiger charge is -2.18. The zero-order valence-electron chi connectivity index (χ0n) is 13.9. The predicted octanol–water partition coefficient (Wildman–Crippen LogP) is 2.91. The van der Waals surface area contributed by atoms with Gasteiger partial charge in [0.05, 0.1) is 12.1 Å². The maximum atomic E-state index is 12.3. The third kappa shape index (κ3) is 4.07. The number of anilines is 1. The van der Waals surface area contributed by atoms with Crippen molar-refractivity contribution in [2.45, 2.75) is 24.9 Å². The van der Waals surface area contributed by atoms with Crippen molar-refractivity contribution < 1.29 is 4.79 Å². The Morgan fingerprint density at radius 2 is 2.17 bits per heavy atom. The van der Waals surface area contributed by atoms with E-state index >= 15 is 0 Å². The smallest absolute Gasteiger partial charge is 0.321 e. The molecule has 1 heterocycles. The molecule has 1 aliphatic carbocycles. The van der Waals surface area contributed by atoms with Gasteiger partial charge in [0.2, 0.25) is 0 Å². The Balaban J connectivity index is 1.58. The maximum Gasteiger partial charge on any atom is 0.321 e. The summed E-state index contributed by atoms with van der Waals surface area (Å²) in [7, 11) is 4.03. The molecule has 0 atom stereocenters. The number of aromatic nitrogens is 2. The van der Waals surface area contributed by atoms with Crippen molar-refractivity contribution in [3.05, 3.63) is 47.1 Å². The van der Waals surface area contributed by atoms with Gasteiger partial charge in [-0.05, 0) is 44.6 Å². The lowest BCUT2D eigenvalue weighted by atomic mass is 10.1. The SMILES string of the molecule is CN(C)CCn1ccc(NC(=O)NC2(c3cccc(Cl)c3)CC2)n1. The summed E-state index contributed by atoms with van der Waals surface area (Å²) in [6.07, 6.45) is 3.69. The van der Waals surface area contributed by atoms with Crippen LogP contribution in [0.5, 0.6) is 0 Å². The number of amides is 2. The summed E-state index contributed by atoms with van der Waals surface area (Å²) in [5.74, 6) is 0.549. The molecule has 24 heavy (non-hydrogen) atoms. The number of rotatable bonds is 6. The summed E-state index contributed by atoms with van der Waals surface area (Å²) in [4.78, 5) is 14.4. The van der Waals surface area contributed by atoms with Crippen molar-refractivity contribution in [1.29, 1.82) is 0 Å². The zero-order chi connectivity index (χ0) is 17.2. The number of hydrogen-bond acceptors (Lipinski definition) is 3. The molecular formula is C17H22ClN5O. The van der Waals surface area contributed by atoms with Gasteiger partial charge in [0.25, 0.3) is 0 Å². The number of likely N-dealkylation sites (N-methyl/N-ethyl adjacent to an activating group) is 1. The molecule has 1 saturated carbocycles. The summed E-state index contributed by atoms with van der Waals surface area (Å²) in [6, 6.07) is 9.20. The van der Waals surface area contributed by atoms with Crippen LogP contribution in [0.25, 0.3) is 0 Å². The first-order chi connectivity index (χ1) is 11.5. The van der Waals surface area contributed by atoms with Crippen molar-refractivity contribution in [1.82, 2.24) is 20.0 Å². The van der Waals surface area contributed by atoms with E-state index in [4.69, 9.17) is 11.6 Å². The fourth-order valence-corrected chi connectivity index (χ4v) is 2.81. The number of nitrogens with one attached hydrogen (secondary N) is 2. The van der Waals surface area contributed by atoms with E-state index in [1.165, 1.54) is 0 Å². The molecule has 128 valence electrons. The van der Waals surface area contributed by atoms with Crippen LogP contribution in [0, 0.1) is 0 Å². The summed E-state index contributed by atoms with van der Waals surface area (Å²) in [5, 5.41) is 10.9. The summed E-state index contributed by atoms with van der Waals surface area (Å²) < 4.78 is 1.82. The Hall–Kier alpha value is -2.05. The van der Waals surface area contributed by atoms with E-state index in [-0.39, 0.29) is 11.6 Å². The molecule has 0 bridgehead atoms. The van der Waals surface area contributed by atoms with Crippen LogP contribution in [-0.4, -0.2) is 41.4 Å². The lowest BCUT2D eigenvalue weighted by molar-refractivity contribution is 0.247. The predicted molar refractivity (Wildman–Crippen MR) is 95.3 cm³/mol. The Bertz CT molecular complexity index is 723. The number of benzene rings is 1. The van der Waals surface area contributed by atoms with E-state index < -0.39 is 0 Å². The van der Waals surface area contributed by atoms with E-state index in [1.807, 2.05) is 49.2 Å². The minimum absolute atomic E-state index is 0.245. The van der Waals surface area contributed by atoms with Gasteiger partial charge < -0.3 is 10.2 Å². The van der Waals surface area contributed by atoms with Crippen molar-refractivity contribution in [2.24, 2.45) is 0 Å². The van der Waals surface area contributed by atoms with Crippen LogP contribution < -0.4 is 10.6 Å². The number of urea groups is 1. The largest absolute Gasteiger partial charge is 0.328 e. The second-order valence-electron chi connectivity index (χ2n) is 6.44. The number of carbonyl (C=O) groups excluding carboxylic acids is 1. The third-order valence-electron chi connectivity index (χ3n) is 4.14. The topological polar surface area (TPSA) is 62.2 Å². The van der Waals surface area contributed by atoms with Gasteiger partial charge in [-0.2, -0.15) is 5.10 Å². The minimum Gasteiger partial charge on any atom is -0.328 e. The van der Waals surface area contributed by atoms with Crippen LogP contribution in [-0.2, 0) is 12.1 Å². The molecule has 1 aliphatic rings. The Morgan fingerprint density at radius 1 is 1.38 bits per heavy atom. The van der Waals surface area contributed by atoms with E-state index in [0.717, 1.165) is 31.5 Å². The minimum atomic E-state index is -0.303. The van der Waals surface area contributed by atoms with Gasteiger partial charge in [-0.15, -0.1) is 0 Å². The first-order valence-electron chi connectivity index (χ1n) is 8.00. The molecule has 6 nitrogen and oxygen atoms in total. The molecular weight excluding hydrogens is 326 g/mol. The fraction of sp³-hybridized carbons (Fsp3) is 0.412. The van der Waals surface area contributed by atoms with Crippen LogP contribution >= 0.6 is 11.6 Å². The summed E-state index contributed by atoms with van der Waals surface area (Å²) >= 11 is 6.06. The van der Waals surface area contributed by atoms with Crippen molar-refractivity contribution in [3.63, 3.8) is 0 Å². The molecule has 1 aromatic carbocycles. The highest BCUT2D eigenvalue weighted by Gasteiger charge is 2.45. The lowest BCUT2D eigenvalue weighted by Crippen LogP contribution is -2.38. The molecule has 2 N–H and O–H groups in total. The van der Waals surface area contributed by atoms with Crippen molar-refractivity contribution >= 4 is 23.4 Å². The molecule has 0 radical (unpaired) electrons. The van der Waals surface area contributed by atoms with Crippen LogP contribution in [0.2, 0.25) is 5.02 Å². The second kappa shape index (κ2) is 6.83. The van der Waals surface area contributed by atoms with E-state index in [0.29, 0.717) is 10.8 Å². The van der Waals surface area contributed by atoms with Gasteiger partial charge in [-0.1, -0.05) is 23.7 Å². The van der Waals surface area contributed by atoms with Crippen LogP contribution in [0.3, 0.4) is 0 Å². The normalized spacial score (nSPS) is 15.3. The number of nitrogens with zero attached hydrogens (tertiary/aromatic N) is 3. The van der Waals surface area contributed by atoms with Gasteiger partial charge in [-0.3, -0.25) is 10.00 Å². The maximum absolute atomic E-state index is 12.3. The highest BCUT2D eigenvalue weighted by atomic mass is 35.5. The van der Waals surface area contributed by atoms with Crippen LogP contribution in [0.4, 0.5) is 10.6 Å². The van der Waals surface area contributed by atoms with Crippen LogP contribution in [0.15, 0.2) is 36.5 Å². The molecule has 7 heteroatoms. The molecule has 0 saturated heterocycles. The third-order valence-corrected chi connectivity index (χ3v) is 4.37. The monoisotopic (exact) mass is 347 g/mol. The highest BCUT2D eigenvalue weighted by Crippen LogP contribution is 2.46. The first-order valence-corrected chi connectivity index (χ1v) is 8.38. The molecule has 0 spiro atoms. The molecule has 2 aromatic rings. The second-order valence-corrected chi connectivity index (χ2v) is 6.88. The quantitative estimate of drug-likeness (QED) is 0.844. The van der Waals surface area contributed by atoms with Gasteiger partial charge in [0.1, 0.15) is 0 Å². The average molecular weight is 348 g/mol. The number of halogens is 1. The zero-order valence-corrected chi connectivity index (χ0v) is 14.7. The van der Waals surface area contributed by atoms with E-state index in [2.05, 4.69) is 20.6 Å². The van der Waals surface area contributed by atoms with Gasteiger partial charge >= 0.3 is 6.03 Å². The van der Waals surface area contributed by atoms with Crippen LogP contribution in [0.1, 0.15) is 18.4 Å². The molecule has 0 unspecified atom stereocenters. The van der Waals surface area contributed by atoms with E-state index in [1.54, 1.807) is 6.07 Å². The highest BCUT2D eigenvalue weighted by molar-refractivity contribution is 6.30. The molecule has 1 fully saturated rings. The standard InChI is InChI=1S/C17H22ClN5O/c1-22(2)10-11-23-9-6-15(21-23)19-16(24)20-17(7-8-17)13-4-3-5-14(18)12-13/h3-6,9,12H,7-8,10-11H2,1-2H3,(H2,19,20,21,24). The average Bonchev–Trinajstić information content (AvgIpc) is 3.16. The Kier molecular flexibility index (Phi) is 4.78. The van der Waals surface area contributed by atoms with Crippen molar-refractivity contribution in [2.75, 3.05) is 26.0 Å². The van der Waals surface area contributed by atoms with Gasteiger partial charge in [0, 0.05) is 23.8 Å². The summed E-state index contributed by atoms with van der Waals surface area (Å²) in [6.45, 7) is 1.67. The van der Waals surface area contributed by atoms with E-state index in [9.17, 15) is 4.79 Å². The van der Waals surface area contributed by atoms with Crippen molar-refractivity contribution in [3.8, 4) is 0 Å².